The van der Waals surface area contributed by atoms with Crippen molar-refractivity contribution in [2.75, 3.05) is 19.8 Å². The van der Waals surface area contributed by atoms with E-state index in [-0.39, 0.29) is 24.0 Å². The van der Waals surface area contributed by atoms with Crippen LogP contribution in [0, 0.1) is 0 Å². The molecule has 0 unspecified atom stereocenters. The Balaban J connectivity index is 2.04. The topological polar surface area (TPSA) is 75.6 Å². The second-order valence-corrected chi connectivity index (χ2v) is 8.54. The number of rotatable bonds is 8. The van der Waals surface area contributed by atoms with Crippen LogP contribution in [0.3, 0.4) is 0 Å². The summed E-state index contributed by atoms with van der Waals surface area (Å²) in [7, 11) is -3.61. The van der Waals surface area contributed by atoms with Gasteiger partial charge < -0.3 is 9.84 Å². The quantitative estimate of drug-likeness (QED) is 0.751. The van der Waals surface area contributed by atoms with Crippen LogP contribution < -0.4 is 4.72 Å². The van der Waals surface area contributed by atoms with Gasteiger partial charge in [0.25, 0.3) is 0 Å². The summed E-state index contributed by atoms with van der Waals surface area (Å²) in [6, 6.07) is 4.87. The van der Waals surface area contributed by atoms with Gasteiger partial charge >= 0.3 is 0 Å². The predicted molar refractivity (Wildman–Crippen MR) is 84.6 cm³/mol. The van der Waals surface area contributed by atoms with Crippen molar-refractivity contribution in [1.82, 2.24) is 4.72 Å². The maximum atomic E-state index is 12.1. The maximum Gasteiger partial charge on any atom is 0.250 e. The molecule has 2 rings (SSSR count). The molecule has 1 atom stereocenters. The first-order chi connectivity index (χ1) is 10.0. The van der Waals surface area contributed by atoms with Crippen LogP contribution in [-0.2, 0) is 14.8 Å². The fraction of sp³-hybridized carbons (Fsp3) is 0.333. The van der Waals surface area contributed by atoms with Crippen molar-refractivity contribution in [3.05, 3.63) is 38.9 Å². The van der Waals surface area contributed by atoms with Gasteiger partial charge in [0, 0.05) is 6.54 Å². The van der Waals surface area contributed by atoms with Crippen molar-refractivity contribution in [2.45, 2.75) is 10.3 Å². The standard InChI is InChI=1S/C12H14ClNO4S3/c13-11-1-2-12(20-11)21(16,17)14-7-10(18-5-4-15)9-3-6-19-8-9/h1-3,6,8,10,14-15H,4-5,7H2/t10-/m0/s1. The molecule has 0 fully saturated rings. The van der Waals surface area contributed by atoms with Gasteiger partial charge in [0.05, 0.1) is 23.7 Å². The SMILES string of the molecule is O=S(=O)(NC[C@H](OCCO)c1ccsc1)c1ccc(Cl)s1. The van der Waals surface area contributed by atoms with Gasteiger partial charge in [0.1, 0.15) is 4.21 Å². The van der Waals surface area contributed by atoms with E-state index in [1.54, 1.807) is 6.07 Å². The van der Waals surface area contributed by atoms with Crippen molar-refractivity contribution in [1.29, 1.82) is 0 Å². The van der Waals surface area contributed by atoms with Crippen molar-refractivity contribution in [2.24, 2.45) is 0 Å². The predicted octanol–water partition coefficient (Wildman–Crippen LogP) is 2.49. The van der Waals surface area contributed by atoms with Gasteiger partial charge in [0.2, 0.25) is 10.0 Å². The highest BCUT2D eigenvalue weighted by atomic mass is 35.5. The summed E-state index contributed by atoms with van der Waals surface area (Å²) < 4.78 is 32.8. The smallest absolute Gasteiger partial charge is 0.250 e. The van der Waals surface area contributed by atoms with Crippen LogP contribution in [0.5, 0.6) is 0 Å². The van der Waals surface area contributed by atoms with E-state index in [1.165, 1.54) is 17.4 Å². The lowest BCUT2D eigenvalue weighted by molar-refractivity contribution is 0.0311. The van der Waals surface area contributed by atoms with E-state index in [0.29, 0.717) is 4.34 Å². The molecule has 0 aliphatic carbocycles. The Morgan fingerprint density at radius 3 is 2.76 bits per heavy atom. The largest absolute Gasteiger partial charge is 0.394 e. The molecule has 0 spiro atoms. The zero-order chi connectivity index (χ0) is 15.3. The Bertz CT molecular complexity index is 654. The van der Waals surface area contributed by atoms with Crippen LogP contribution in [-0.4, -0.2) is 33.3 Å². The molecule has 21 heavy (non-hydrogen) atoms. The molecular weight excluding hydrogens is 354 g/mol. The normalized spacial score (nSPS) is 13.4. The first-order valence-electron chi connectivity index (χ1n) is 6.02. The molecule has 2 aromatic heterocycles. The molecule has 0 aromatic carbocycles. The summed E-state index contributed by atoms with van der Waals surface area (Å²) in [5.74, 6) is 0. The summed E-state index contributed by atoms with van der Waals surface area (Å²) in [6.45, 7) is 0.121. The third-order valence-electron chi connectivity index (χ3n) is 2.60. The van der Waals surface area contributed by atoms with Crippen LogP contribution in [0.4, 0.5) is 0 Å². The zero-order valence-corrected chi connectivity index (χ0v) is 14.1. The Morgan fingerprint density at radius 1 is 1.38 bits per heavy atom. The average Bonchev–Trinajstić information content (AvgIpc) is 3.10. The number of ether oxygens (including phenoxy) is 1. The molecule has 0 radical (unpaired) electrons. The highest BCUT2D eigenvalue weighted by Crippen LogP contribution is 2.26. The van der Waals surface area contributed by atoms with Gasteiger partial charge in [-0.1, -0.05) is 11.6 Å². The first-order valence-corrected chi connectivity index (χ1v) is 9.64. The zero-order valence-electron chi connectivity index (χ0n) is 10.9. The van der Waals surface area contributed by atoms with Crippen LogP contribution in [0.1, 0.15) is 11.7 Å². The molecule has 0 saturated carbocycles. The van der Waals surface area contributed by atoms with E-state index in [0.717, 1.165) is 16.9 Å². The molecule has 0 amide bonds. The molecule has 0 aliphatic heterocycles. The van der Waals surface area contributed by atoms with Crippen molar-refractivity contribution in [3.8, 4) is 0 Å². The maximum absolute atomic E-state index is 12.1. The second-order valence-electron chi connectivity index (χ2n) is 4.05. The number of aliphatic hydroxyl groups is 1. The van der Waals surface area contributed by atoms with E-state index in [4.69, 9.17) is 21.4 Å². The summed E-state index contributed by atoms with van der Waals surface area (Å²) in [5.41, 5.74) is 0.875. The lowest BCUT2D eigenvalue weighted by atomic mass is 10.2. The summed E-state index contributed by atoms with van der Waals surface area (Å²) in [5, 5.41) is 12.6. The van der Waals surface area contributed by atoms with E-state index in [2.05, 4.69) is 4.72 Å². The summed E-state index contributed by atoms with van der Waals surface area (Å²) in [4.78, 5) is 0. The summed E-state index contributed by atoms with van der Waals surface area (Å²) >= 11 is 8.25. The van der Waals surface area contributed by atoms with Gasteiger partial charge in [-0.15, -0.1) is 11.3 Å². The minimum Gasteiger partial charge on any atom is -0.394 e. The Kier molecular flexibility index (Phi) is 6.18. The molecule has 0 saturated heterocycles. The highest BCUT2D eigenvalue weighted by Gasteiger charge is 2.20. The van der Waals surface area contributed by atoms with E-state index in [1.807, 2.05) is 16.8 Å². The number of hydrogen-bond acceptors (Lipinski definition) is 6. The minimum absolute atomic E-state index is 0.0919. The van der Waals surface area contributed by atoms with E-state index < -0.39 is 16.1 Å². The van der Waals surface area contributed by atoms with Gasteiger partial charge in [-0.3, -0.25) is 0 Å². The van der Waals surface area contributed by atoms with E-state index >= 15 is 0 Å². The molecule has 2 heterocycles. The molecule has 9 heteroatoms. The Hall–Kier alpha value is -0.480. The van der Waals surface area contributed by atoms with Crippen LogP contribution in [0.15, 0.2) is 33.2 Å². The Labute approximate surface area is 136 Å². The summed E-state index contributed by atoms with van der Waals surface area (Å²) in [6.07, 6.45) is -0.436. The highest BCUT2D eigenvalue weighted by molar-refractivity contribution is 7.91. The lowest BCUT2D eigenvalue weighted by Gasteiger charge is -2.17. The number of aliphatic hydroxyl groups excluding tert-OH is 1. The first kappa shape index (κ1) is 16.9. The van der Waals surface area contributed by atoms with Crippen LogP contribution in [0.2, 0.25) is 4.34 Å². The molecule has 0 bridgehead atoms. The number of halogens is 1. The number of sulfonamides is 1. The minimum atomic E-state index is -3.61. The molecule has 0 aliphatic rings. The fourth-order valence-corrected chi connectivity index (χ4v) is 4.89. The van der Waals surface area contributed by atoms with Crippen LogP contribution >= 0.6 is 34.3 Å². The van der Waals surface area contributed by atoms with Crippen molar-refractivity contribution >= 4 is 44.3 Å². The fourth-order valence-electron chi connectivity index (χ4n) is 1.62. The third kappa shape index (κ3) is 4.75. The second kappa shape index (κ2) is 7.68. The molecule has 2 aromatic rings. The van der Waals surface area contributed by atoms with E-state index in [9.17, 15) is 8.42 Å². The van der Waals surface area contributed by atoms with Gasteiger partial charge in [0.15, 0.2) is 0 Å². The number of nitrogens with one attached hydrogen (secondary N) is 1. The molecule has 5 nitrogen and oxygen atoms in total. The molecular formula is C12H14ClNO4S3. The lowest BCUT2D eigenvalue weighted by Crippen LogP contribution is -2.29. The molecule has 2 N–H and O–H groups in total. The van der Waals surface area contributed by atoms with Crippen molar-refractivity contribution < 1.29 is 18.3 Å². The number of hydrogen-bond donors (Lipinski definition) is 2. The van der Waals surface area contributed by atoms with Crippen molar-refractivity contribution in [3.63, 3.8) is 0 Å². The Morgan fingerprint density at radius 2 is 2.19 bits per heavy atom. The number of thiophene rings is 2. The third-order valence-corrected chi connectivity index (χ3v) is 6.45. The molecule has 116 valence electrons. The monoisotopic (exact) mass is 367 g/mol. The van der Waals surface area contributed by atoms with Gasteiger partial charge in [-0.2, -0.15) is 11.3 Å². The van der Waals surface area contributed by atoms with Crippen LogP contribution in [0.25, 0.3) is 0 Å². The average molecular weight is 368 g/mol. The van der Waals surface area contributed by atoms with Gasteiger partial charge in [-0.05, 0) is 34.5 Å². The van der Waals surface area contributed by atoms with Gasteiger partial charge in [-0.25, -0.2) is 13.1 Å².